The van der Waals surface area contributed by atoms with E-state index in [0.717, 1.165) is 36.2 Å². The summed E-state index contributed by atoms with van der Waals surface area (Å²) < 4.78 is 33.7. The molecule has 1 nitrogen and oxygen atoms in total. The fraction of sp³-hybridized carbons (Fsp3) is 0.586. The van der Waals surface area contributed by atoms with E-state index in [0.29, 0.717) is 5.92 Å². The van der Waals surface area contributed by atoms with Gasteiger partial charge in [0.25, 0.3) is 0 Å². The minimum absolute atomic E-state index is 0.233. The zero-order chi connectivity index (χ0) is 22.5. The van der Waals surface area contributed by atoms with Gasteiger partial charge in [0.1, 0.15) is 0 Å². The third-order valence-electron chi connectivity index (χ3n) is 8.17. The molecule has 0 aliphatic heterocycles. The highest BCUT2D eigenvalue weighted by atomic mass is 19.1. The van der Waals surface area contributed by atoms with Crippen LogP contribution >= 0.6 is 0 Å². The number of hydrogen-bond donors (Lipinski definition) is 0. The summed E-state index contributed by atoms with van der Waals surface area (Å²) in [5, 5.41) is 0. The van der Waals surface area contributed by atoms with E-state index in [9.17, 15) is 8.78 Å². The van der Waals surface area contributed by atoms with Crippen molar-refractivity contribution in [2.75, 3.05) is 6.61 Å². The normalized spacial score (nSPS) is 27.1. The summed E-state index contributed by atoms with van der Waals surface area (Å²) in [6, 6.07) is 13.9. The molecule has 2 saturated carbocycles. The zero-order valence-corrected chi connectivity index (χ0v) is 19.7. The van der Waals surface area contributed by atoms with Crippen LogP contribution in [0.1, 0.15) is 94.6 Å². The van der Waals surface area contributed by atoms with Gasteiger partial charge in [0.15, 0.2) is 17.4 Å². The summed E-state index contributed by atoms with van der Waals surface area (Å²) in [7, 11) is 0. The van der Waals surface area contributed by atoms with Crippen LogP contribution < -0.4 is 4.74 Å². The molecule has 2 fully saturated rings. The largest absolute Gasteiger partial charge is 0.488 e. The molecule has 2 aliphatic rings. The van der Waals surface area contributed by atoms with Gasteiger partial charge in [-0.25, -0.2) is 8.78 Å². The summed E-state index contributed by atoms with van der Waals surface area (Å²) in [5.41, 5.74) is 2.27. The van der Waals surface area contributed by atoms with Gasteiger partial charge in [0.2, 0.25) is 0 Å². The molecule has 3 heteroatoms. The van der Waals surface area contributed by atoms with Gasteiger partial charge >= 0.3 is 0 Å². The molecule has 0 amide bonds. The lowest BCUT2D eigenvalue weighted by Gasteiger charge is -2.38. The van der Waals surface area contributed by atoms with Gasteiger partial charge in [-0.05, 0) is 105 Å². The van der Waals surface area contributed by atoms with E-state index in [1.165, 1.54) is 62.6 Å². The highest BCUT2D eigenvalue weighted by Gasteiger charge is 2.32. The second-order valence-corrected chi connectivity index (χ2v) is 10.2. The summed E-state index contributed by atoms with van der Waals surface area (Å²) in [5.74, 6) is 2.04. The van der Waals surface area contributed by atoms with Gasteiger partial charge in [0, 0.05) is 0 Å². The Bertz CT molecular complexity index is 826. The molecule has 0 unspecified atom stereocenters. The van der Waals surface area contributed by atoms with E-state index in [1.54, 1.807) is 6.92 Å². The molecule has 0 radical (unpaired) electrons. The lowest BCUT2D eigenvalue weighted by molar-refractivity contribution is 0.154. The summed E-state index contributed by atoms with van der Waals surface area (Å²) in [6.07, 6.45) is 11.2. The van der Waals surface area contributed by atoms with Gasteiger partial charge in [-0.2, -0.15) is 0 Å². The minimum atomic E-state index is -0.563. The number of hydrogen-bond acceptors (Lipinski definition) is 1. The van der Waals surface area contributed by atoms with E-state index in [-0.39, 0.29) is 18.3 Å². The van der Waals surface area contributed by atoms with Crippen LogP contribution in [0.2, 0.25) is 0 Å². The zero-order valence-electron chi connectivity index (χ0n) is 19.7. The van der Waals surface area contributed by atoms with Crippen molar-refractivity contribution in [2.45, 2.75) is 83.5 Å². The van der Waals surface area contributed by atoms with Crippen molar-refractivity contribution in [2.24, 2.45) is 17.8 Å². The van der Waals surface area contributed by atoms with Crippen molar-refractivity contribution in [3.63, 3.8) is 0 Å². The van der Waals surface area contributed by atoms with Crippen LogP contribution in [-0.2, 0) is 0 Å². The van der Waals surface area contributed by atoms with Crippen molar-refractivity contribution in [1.82, 2.24) is 0 Å². The number of ether oxygens (including phenoxy) is 1. The molecule has 0 saturated heterocycles. The lowest BCUT2D eigenvalue weighted by atomic mass is 9.67. The first kappa shape index (κ1) is 23.3. The second kappa shape index (κ2) is 10.8. The Morgan fingerprint density at radius 1 is 0.844 bits per heavy atom. The van der Waals surface area contributed by atoms with Crippen LogP contribution in [0.15, 0.2) is 42.5 Å². The van der Waals surface area contributed by atoms with Crippen LogP contribution in [0.5, 0.6) is 5.75 Å². The smallest absolute Gasteiger partial charge is 0.190 e. The minimum Gasteiger partial charge on any atom is -0.488 e. The van der Waals surface area contributed by atoms with Gasteiger partial charge < -0.3 is 4.74 Å². The molecule has 32 heavy (non-hydrogen) atoms. The molecule has 2 aromatic carbocycles. The molecule has 0 bridgehead atoms. The predicted molar refractivity (Wildman–Crippen MR) is 127 cm³/mol. The first-order valence-electron chi connectivity index (χ1n) is 12.7. The Balaban J connectivity index is 1.25. The molecule has 2 aliphatic carbocycles. The molecule has 2 aromatic rings. The van der Waals surface area contributed by atoms with E-state index in [1.807, 2.05) is 0 Å². The van der Waals surface area contributed by atoms with Crippen molar-refractivity contribution < 1.29 is 13.5 Å². The van der Waals surface area contributed by atoms with E-state index >= 15 is 0 Å². The molecule has 0 spiro atoms. The summed E-state index contributed by atoms with van der Waals surface area (Å²) in [6.45, 7) is 4.38. The third kappa shape index (κ3) is 5.53. The van der Waals surface area contributed by atoms with E-state index < -0.39 is 11.6 Å². The van der Waals surface area contributed by atoms with Gasteiger partial charge in [-0.3, -0.25) is 0 Å². The standard InChI is InChI=1S/C29H38F2O/c1-3-32-29-27(30)18-26(19-28(29)31)25-15-13-24(14-16-25)23-11-9-21(10-12-23)17-20(2)22-7-5-4-6-8-22/h4-8,18-21,23-25H,3,9-17H2,1-2H3/t20-,21?,23?,24?,25?/m0/s1. The topological polar surface area (TPSA) is 9.23 Å². The Labute approximate surface area is 192 Å². The Kier molecular flexibility index (Phi) is 7.86. The SMILES string of the molecule is CCOc1c(F)cc(C2CCC(C3CCC(C[C@H](C)c4ccccc4)CC3)CC2)cc1F. The monoisotopic (exact) mass is 440 g/mol. The maximum absolute atomic E-state index is 14.3. The maximum Gasteiger partial charge on any atom is 0.190 e. The molecule has 4 rings (SSSR count). The van der Waals surface area contributed by atoms with Gasteiger partial charge in [-0.15, -0.1) is 0 Å². The predicted octanol–water partition coefficient (Wildman–Crippen LogP) is 8.64. The number of rotatable bonds is 7. The molecule has 0 heterocycles. The molecule has 1 atom stereocenters. The third-order valence-corrected chi connectivity index (χ3v) is 8.17. The van der Waals surface area contributed by atoms with Crippen LogP contribution in [0.4, 0.5) is 8.78 Å². The molecular weight excluding hydrogens is 402 g/mol. The molecule has 0 aromatic heterocycles. The summed E-state index contributed by atoms with van der Waals surface area (Å²) >= 11 is 0. The molecular formula is C29H38F2O. The number of benzene rings is 2. The fourth-order valence-corrected chi connectivity index (χ4v) is 6.33. The van der Waals surface area contributed by atoms with Gasteiger partial charge in [-0.1, -0.05) is 50.1 Å². The van der Waals surface area contributed by atoms with Crippen LogP contribution in [0, 0.1) is 29.4 Å². The second-order valence-electron chi connectivity index (χ2n) is 10.2. The quantitative estimate of drug-likeness (QED) is 0.418. The van der Waals surface area contributed by atoms with Crippen molar-refractivity contribution >= 4 is 0 Å². The van der Waals surface area contributed by atoms with Crippen LogP contribution in [0.25, 0.3) is 0 Å². The molecule has 174 valence electrons. The van der Waals surface area contributed by atoms with Gasteiger partial charge in [0.05, 0.1) is 6.61 Å². The maximum atomic E-state index is 14.3. The Morgan fingerprint density at radius 2 is 1.41 bits per heavy atom. The van der Waals surface area contributed by atoms with Crippen molar-refractivity contribution in [3.8, 4) is 5.75 Å². The first-order valence-corrected chi connectivity index (χ1v) is 12.7. The Morgan fingerprint density at radius 3 is 1.97 bits per heavy atom. The average molecular weight is 441 g/mol. The number of halogens is 2. The van der Waals surface area contributed by atoms with Crippen LogP contribution in [-0.4, -0.2) is 6.61 Å². The Hall–Kier alpha value is -1.90. The van der Waals surface area contributed by atoms with E-state index in [4.69, 9.17) is 4.74 Å². The van der Waals surface area contributed by atoms with Crippen LogP contribution in [0.3, 0.4) is 0 Å². The fourth-order valence-electron chi connectivity index (χ4n) is 6.33. The average Bonchev–Trinajstić information content (AvgIpc) is 2.82. The molecule has 0 N–H and O–H groups in total. The highest BCUT2D eigenvalue weighted by molar-refractivity contribution is 5.33. The lowest BCUT2D eigenvalue weighted by Crippen LogP contribution is -2.26. The first-order chi connectivity index (χ1) is 15.5. The van der Waals surface area contributed by atoms with Crippen molar-refractivity contribution in [3.05, 3.63) is 65.2 Å². The van der Waals surface area contributed by atoms with Crippen molar-refractivity contribution in [1.29, 1.82) is 0 Å². The van der Waals surface area contributed by atoms with E-state index in [2.05, 4.69) is 37.3 Å². The highest BCUT2D eigenvalue weighted by Crippen LogP contribution is 2.45. The summed E-state index contributed by atoms with van der Waals surface area (Å²) in [4.78, 5) is 0.